The second-order valence-corrected chi connectivity index (χ2v) is 16.3. The van der Waals surface area contributed by atoms with Crippen LogP contribution in [0.4, 0.5) is 11.6 Å². The van der Waals surface area contributed by atoms with Crippen molar-refractivity contribution in [2.24, 2.45) is 10.7 Å². The summed E-state index contributed by atoms with van der Waals surface area (Å²) in [7, 11) is 2.90. The highest BCUT2D eigenvalue weighted by Crippen LogP contribution is 2.23. The number of nitrogen functional groups attached to an aromatic ring is 2. The van der Waals surface area contributed by atoms with Crippen molar-refractivity contribution in [2.45, 2.75) is 114 Å². The second-order valence-electron chi connectivity index (χ2n) is 15.9. The molecule has 3 rings (SSSR count). The van der Waals surface area contributed by atoms with Gasteiger partial charge in [-0.05, 0) is 93.0 Å². The number of aromatic nitrogens is 2. The van der Waals surface area contributed by atoms with Crippen molar-refractivity contribution in [2.75, 3.05) is 58.4 Å². The molecular formula is C45H68ClN9O9. The summed E-state index contributed by atoms with van der Waals surface area (Å²) in [5.41, 5.74) is 21.1. The summed E-state index contributed by atoms with van der Waals surface area (Å²) >= 11 is 5.84. The molecule has 19 heteroatoms. The first kappa shape index (κ1) is 53.4. The number of aliphatic hydroxyl groups is 5. The van der Waals surface area contributed by atoms with E-state index >= 15 is 0 Å². The fourth-order valence-electron chi connectivity index (χ4n) is 7.11. The van der Waals surface area contributed by atoms with Gasteiger partial charge in [0.1, 0.15) is 12.1 Å². The predicted octanol–water partition coefficient (Wildman–Crippen LogP) is 2.45. The minimum atomic E-state index is -1.44. The number of guanidine groups is 1. The maximum atomic E-state index is 13.3. The Labute approximate surface area is 380 Å². The molecule has 5 unspecified atom stereocenters. The highest BCUT2D eigenvalue weighted by molar-refractivity contribution is 6.31. The highest BCUT2D eigenvalue weighted by atomic mass is 35.5. The SMILES string of the molecule is CCCC(O)CCN(CCCCC(C(=O)OC)N(C)C(=O)CCc1ccc(-c2ccc(CCCCN=C(N)NC(=O)c3nc(Cl)c(N)nc3N)cc2)cc1)CC(O)C(O)C(O)CCO. The van der Waals surface area contributed by atoms with Crippen LogP contribution in [0.25, 0.3) is 11.1 Å². The number of aliphatic imine (C=N–C) groups is 1. The van der Waals surface area contributed by atoms with Crippen LogP contribution in [0.1, 0.15) is 92.7 Å². The second kappa shape index (κ2) is 28.1. The lowest BCUT2D eigenvalue weighted by Gasteiger charge is -2.30. The number of halogens is 1. The van der Waals surface area contributed by atoms with Crippen molar-refractivity contribution >= 4 is 47.0 Å². The number of nitrogens with one attached hydrogen (secondary N) is 1. The van der Waals surface area contributed by atoms with Crippen molar-refractivity contribution in [1.29, 1.82) is 0 Å². The standard InChI is InChI=1S/C45H68ClN9O9/c1-4-9-33(57)22-26-55(28-36(59)39(61)35(58)23-27-56)25-8-6-11-34(44(63)64-3)54(2)37(60)21-16-30-14-19-32(20-15-30)31-17-12-29(13-18-31)10-5-7-24-50-45(49)53-43(62)38-41(47)52-42(48)40(46)51-38/h12-15,17-20,33-36,39,56-59,61H,4-11,16,21-28H2,1-3H3,(H4,47,48,52)(H3,49,50,53,62). The van der Waals surface area contributed by atoms with Gasteiger partial charge in [-0.25, -0.2) is 14.8 Å². The van der Waals surface area contributed by atoms with E-state index in [2.05, 4.69) is 44.5 Å². The van der Waals surface area contributed by atoms with Crippen molar-refractivity contribution in [3.63, 3.8) is 0 Å². The Balaban J connectivity index is 1.45. The summed E-state index contributed by atoms with van der Waals surface area (Å²) in [5, 5.41) is 52.7. The number of nitrogens with zero attached hydrogens (tertiary/aromatic N) is 5. The number of carbonyl (C=O) groups excluding carboxylic acids is 3. The maximum Gasteiger partial charge on any atom is 0.328 e. The number of esters is 1. The molecule has 0 aliphatic heterocycles. The minimum absolute atomic E-state index is 0.0505. The van der Waals surface area contributed by atoms with Gasteiger partial charge < -0.3 is 57.3 Å². The minimum Gasteiger partial charge on any atom is -0.467 e. The molecule has 354 valence electrons. The zero-order chi connectivity index (χ0) is 47.2. The number of hydrogen-bond donors (Lipinski definition) is 9. The van der Waals surface area contributed by atoms with Gasteiger partial charge in [-0.3, -0.25) is 19.9 Å². The van der Waals surface area contributed by atoms with E-state index in [4.69, 9.17) is 38.6 Å². The number of carbonyl (C=O) groups is 3. The molecule has 0 aliphatic carbocycles. The van der Waals surface area contributed by atoms with Gasteiger partial charge in [0.05, 0.1) is 25.4 Å². The summed E-state index contributed by atoms with van der Waals surface area (Å²) in [5.74, 6) is -1.73. The van der Waals surface area contributed by atoms with E-state index in [1.807, 2.05) is 36.1 Å². The Morgan fingerprint density at radius 2 is 1.47 bits per heavy atom. The zero-order valence-corrected chi connectivity index (χ0v) is 38.0. The lowest BCUT2D eigenvalue weighted by atomic mass is 9.99. The largest absolute Gasteiger partial charge is 0.467 e. The zero-order valence-electron chi connectivity index (χ0n) is 37.2. The summed E-state index contributed by atoms with van der Waals surface area (Å²) in [6.07, 6.45) is 1.99. The molecule has 5 atom stereocenters. The van der Waals surface area contributed by atoms with Crippen molar-refractivity contribution in [3.05, 3.63) is 70.5 Å². The van der Waals surface area contributed by atoms with Crippen LogP contribution in [0.3, 0.4) is 0 Å². The van der Waals surface area contributed by atoms with Crippen LogP contribution >= 0.6 is 11.6 Å². The number of anilines is 2. The van der Waals surface area contributed by atoms with E-state index in [0.717, 1.165) is 47.9 Å². The number of benzene rings is 2. The lowest BCUT2D eigenvalue weighted by molar-refractivity contribution is -0.152. The molecule has 3 aromatic rings. The van der Waals surface area contributed by atoms with E-state index in [1.165, 1.54) is 12.0 Å². The third-order valence-corrected chi connectivity index (χ3v) is 11.3. The molecule has 0 aliphatic rings. The predicted molar refractivity (Wildman–Crippen MR) is 247 cm³/mol. The molecule has 2 aromatic carbocycles. The molecule has 1 aromatic heterocycles. The molecule has 0 bridgehead atoms. The van der Waals surface area contributed by atoms with Crippen LogP contribution in [0.2, 0.25) is 5.15 Å². The number of methoxy groups -OCH3 is 1. The molecule has 1 heterocycles. The van der Waals surface area contributed by atoms with Crippen molar-refractivity contribution in [3.8, 4) is 11.1 Å². The average molecular weight is 915 g/mol. The number of aliphatic hydroxyl groups excluding tert-OH is 5. The lowest BCUT2D eigenvalue weighted by Crippen LogP contribution is -2.46. The van der Waals surface area contributed by atoms with Gasteiger partial charge in [-0.1, -0.05) is 73.5 Å². The van der Waals surface area contributed by atoms with Crippen molar-refractivity contribution < 1.29 is 44.7 Å². The highest BCUT2D eigenvalue weighted by Gasteiger charge is 2.29. The van der Waals surface area contributed by atoms with E-state index in [0.29, 0.717) is 58.2 Å². The van der Waals surface area contributed by atoms with Gasteiger partial charge in [0, 0.05) is 39.7 Å². The summed E-state index contributed by atoms with van der Waals surface area (Å²) in [4.78, 5) is 53.8. The number of likely N-dealkylation sites (N-methyl/N-ethyl adjacent to an activating group) is 1. The molecule has 12 N–H and O–H groups in total. The quantitative estimate of drug-likeness (QED) is 0.0219. The molecule has 0 fully saturated rings. The maximum absolute atomic E-state index is 13.3. The Hall–Kier alpha value is -4.95. The van der Waals surface area contributed by atoms with Crippen LogP contribution in [0, 0.1) is 0 Å². The van der Waals surface area contributed by atoms with Gasteiger partial charge in [-0.15, -0.1) is 0 Å². The number of unbranched alkanes of at least 4 members (excludes halogenated alkanes) is 2. The van der Waals surface area contributed by atoms with E-state index in [-0.39, 0.29) is 60.3 Å². The first-order valence-corrected chi connectivity index (χ1v) is 22.2. The Kier molecular flexibility index (Phi) is 23.4. The van der Waals surface area contributed by atoms with Gasteiger partial charge in [-0.2, -0.15) is 0 Å². The fraction of sp³-hybridized carbons (Fsp3) is 0.556. The molecule has 0 saturated carbocycles. The number of ether oxygens (including phenoxy) is 1. The normalized spacial score (nSPS) is 14.1. The Morgan fingerprint density at radius 1 is 0.828 bits per heavy atom. The smallest absolute Gasteiger partial charge is 0.328 e. The van der Waals surface area contributed by atoms with Gasteiger partial charge in [0.15, 0.2) is 28.4 Å². The summed E-state index contributed by atoms with van der Waals surface area (Å²) in [6.45, 7) is 3.05. The van der Waals surface area contributed by atoms with Gasteiger partial charge >= 0.3 is 5.97 Å². The molecule has 0 radical (unpaired) electrons. The molecule has 2 amide bonds. The van der Waals surface area contributed by atoms with Crippen LogP contribution in [-0.4, -0.2) is 146 Å². The molecule has 64 heavy (non-hydrogen) atoms. The third-order valence-electron chi connectivity index (χ3n) is 11.0. The van der Waals surface area contributed by atoms with Gasteiger partial charge in [0.2, 0.25) is 5.91 Å². The topological polar surface area (TPSA) is 296 Å². The summed E-state index contributed by atoms with van der Waals surface area (Å²) < 4.78 is 5.06. The van der Waals surface area contributed by atoms with Crippen LogP contribution < -0.4 is 22.5 Å². The fourth-order valence-corrected chi connectivity index (χ4v) is 7.23. The average Bonchev–Trinajstić information content (AvgIpc) is 3.28. The molecule has 0 spiro atoms. The Morgan fingerprint density at radius 3 is 2.08 bits per heavy atom. The number of nitrogens with two attached hydrogens (primary N) is 3. The molecule has 0 saturated heterocycles. The van der Waals surface area contributed by atoms with Crippen molar-refractivity contribution in [1.82, 2.24) is 25.1 Å². The third kappa shape index (κ3) is 17.9. The van der Waals surface area contributed by atoms with Crippen LogP contribution in [0.5, 0.6) is 0 Å². The van der Waals surface area contributed by atoms with Crippen LogP contribution in [-0.2, 0) is 27.2 Å². The first-order chi connectivity index (χ1) is 30.6. The molecule has 18 nitrogen and oxygen atoms in total. The Bertz CT molecular complexity index is 1920. The number of rotatable bonds is 28. The van der Waals surface area contributed by atoms with Crippen LogP contribution in [0.15, 0.2) is 53.5 Å². The number of amides is 2. The first-order valence-electron chi connectivity index (χ1n) is 21.8. The summed E-state index contributed by atoms with van der Waals surface area (Å²) in [6, 6.07) is 15.5. The van der Waals surface area contributed by atoms with E-state index < -0.39 is 42.3 Å². The number of aryl methyl sites for hydroxylation is 2. The monoisotopic (exact) mass is 913 g/mol. The molecular weight excluding hydrogens is 846 g/mol. The van der Waals surface area contributed by atoms with E-state index in [9.17, 15) is 34.8 Å². The van der Waals surface area contributed by atoms with E-state index in [1.54, 1.807) is 7.05 Å². The number of hydrogen-bond acceptors (Lipinski definition) is 15. The van der Waals surface area contributed by atoms with Gasteiger partial charge in [0.25, 0.3) is 5.91 Å².